The Balaban J connectivity index is 0.909. The van der Waals surface area contributed by atoms with Crippen molar-refractivity contribution in [3.63, 3.8) is 0 Å². The van der Waals surface area contributed by atoms with E-state index < -0.39 is 60.4 Å². The minimum Gasteiger partial charge on any atom is -0.463 e. The summed E-state index contributed by atoms with van der Waals surface area (Å²) in [5.74, 6) is -2.58. The molecule has 0 radical (unpaired) electrons. The fraction of sp³-hybridized carbons (Fsp3) is 0.256. The molecule has 0 saturated carbocycles. The van der Waals surface area contributed by atoms with Crippen LogP contribution in [0.3, 0.4) is 0 Å². The molecule has 0 amide bonds. The SMILES string of the molecule is C=CC(=O)OCCCCOC(=O)Oc1ccc(C(=O)Oc2ccc(C(=O)Oc3ccc(C(=O)O[C@H]4COC5C4OC[C@@H]5OC(=O)c4ccc(C)cc4)cc3)cc2)cc1. The molecule has 2 heterocycles. The highest BCUT2D eigenvalue weighted by Crippen LogP contribution is 2.32. The highest BCUT2D eigenvalue weighted by molar-refractivity contribution is 5.93. The number of ether oxygens (including phenoxy) is 9. The van der Waals surface area contributed by atoms with Crippen LogP contribution in [-0.4, -0.2) is 86.8 Å². The zero-order valence-electron chi connectivity index (χ0n) is 31.2. The van der Waals surface area contributed by atoms with Gasteiger partial charge in [-0.3, -0.25) is 0 Å². The van der Waals surface area contributed by atoms with E-state index in [2.05, 4.69) is 6.58 Å². The third-order valence-electron chi connectivity index (χ3n) is 8.83. The summed E-state index contributed by atoms with van der Waals surface area (Å²) in [5.41, 5.74) is 1.97. The molecule has 2 fully saturated rings. The first-order valence-electron chi connectivity index (χ1n) is 18.2. The Bertz CT molecular complexity index is 2110. The standard InChI is InChI=1S/C43H38O15/c1-3-36(44)50-22-4-5-23-51-43(49)56-33-20-14-29(15-21-33)40(46)54-31-16-10-28(11-17-31)39(45)55-32-18-12-30(13-19-32)42(48)58-35-25-53-37-34(24-52-38(35)37)57-41(47)27-8-6-26(2)7-9-27/h3,6-21,34-35,37-38H,1,4-5,22-25H2,2H3/t34-,35-,37?,38?/m0/s1. The van der Waals surface area contributed by atoms with Crippen molar-refractivity contribution in [3.05, 3.63) is 138 Å². The van der Waals surface area contributed by atoms with Crippen molar-refractivity contribution < 1.29 is 71.4 Å². The minimum absolute atomic E-state index is 0.0621. The van der Waals surface area contributed by atoms with Gasteiger partial charge in [0, 0.05) is 6.08 Å². The van der Waals surface area contributed by atoms with Crippen LogP contribution in [0.1, 0.15) is 59.8 Å². The van der Waals surface area contributed by atoms with Crippen molar-refractivity contribution >= 4 is 36.0 Å². The number of aryl methyl sites for hydroxylation is 1. The van der Waals surface area contributed by atoms with Crippen LogP contribution in [0.2, 0.25) is 0 Å². The van der Waals surface area contributed by atoms with Crippen LogP contribution in [-0.2, 0) is 33.2 Å². The van der Waals surface area contributed by atoms with Crippen LogP contribution >= 0.6 is 0 Å². The summed E-state index contributed by atoms with van der Waals surface area (Å²) < 4.78 is 48.6. The van der Waals surface area contributed by atoms with Crippen molar-refractivity contribution in [1.29, 1.82) is 0 Å². The normalized spacial score (nSPS) is 17.9. The van der Waals surface area contributed by atoms with Gasteiger partial charge in [0.2, 0.25) is 0 Å². The molecule has 0 spiro atoms. The van der Waals surface area contributed by atoms with E-state index >= 15 is 0 Å². The van der Waals surface area contributed by atoms with Crippen LogP contribution in [0.25, 0.3) is 0 Å². The minimum atomic E-state index is -0.932. The van der Waals surface area contributed by atoms with E-state index in [4.69, 9.17) is 42.6 Å². The largest absolute Gasteiger partial charge is 0.513 e. The first kappa shape index (κ1) is 40.8. The molecule has 4 aromatic rings. The molecule has 2 aliphatic heterocycles. The number of hydrogen-bond donors (Lipinski definition) is 0. The summed E-state index contributed by atoms with van der Waals surface area (Å²) in [6.07, 6.45) is -1.48. The maximum absolute atomic E-state index is 12.9. The maximum atomic E-state index is 12.9. The lowest BCUT2D eigenvalue weighted by Gasteiger charge is -2.17. The second kappa shape index (κ2) is 19.3. The Labute approximate surface area is 332 Å². The maximum Gasteiger partial charge on any atom is 0.513 e. The van der Waals surface area contributed by atoms with Crippen LogP contribution in [0.15, 0.2) is 110 Å². The number of unbranched alkanes of at least 4 members (excludes halogenated alkanes) is 1. The number of carbonyl (C=O) groups excluding carboxylic acids is 6. The molecule has 2 aliphatic rings. The van der Waals surface area contributed by atoms with Gasteiger partial charge in [0.15, 0.2) is 12.2 Å². The monoisotopic (exact) mass is 794 g/mol. The third kappa shape index (κ3) is 10.9. The van der Waals surface area contributed by atoms with Crippen LogP contribution in [0, 0.1) is 6.92 Å². The zero-order chi connectivity index (χ0) is 41.0. The van der Waals surface area contributed by atoms with Crippen molar-refractivity contribution in [1.82, 2.24) is 0 Å². The lowest BCUT2D eigenvalue weighted by Crippen LogP contribution is -2.36. The van der Waals surface area contributed by atoms with Gasteiger partial charge in [0.1, 0.15) is 29.5 Å². The molecule has 4 atom stereocenters. The van der Waals surface area contributed by atoms with Gasteiger partial charge in [-0.15, -0.1) is 0 Å². The molecule has 58 heavy (non-hydrogen) atoms. The third-order valence-corrected chi connectivity index (χ3v) is 8.83. The van der Waals surface area contributed by atoms with Crippen molar-refractivity contribution in [3.8, 4) is 17.2 Å². The molecule has 2 saturated heterocycles. The van der Waals surface area contributed by atoms with E-state index in [0.29, 0.717) is 18.4 Å². The van der Waals surface area contributed by atoms with Crippen LogP contribution in [0.5, 0.6) is 17.2 Å². The molecule has 0 aliphatic carbocycles. The molecule has 2 unspecified atom stereocenters. The molecule has 15 heteroatoms. The molecule has 6 rings (SSSR count). The average molecular weight is 795 g/mol. The Hall–Kier alpha value is -6.84. The molecule has 0 aromatic heterocycles. The Morgan fingerprint density at radius 3 is 1.36 bits per heavy atom. The predicted octanol–water partition coefficient (Wildman–Crippen LogP) is 6.01. The van der Waals surface area contributed by atoms with Crippen molar-refractivity contribution in [2.75, 3.05) is 26.4 Å². The van der Waals surface area contributed by atoms with Gasteiger partial charge in [-0.05, 0) is 105 Å². The summed E-state index contributed by atoms with van der Waals surface area (Å²) in [6.45, 7) is 5.63. The quantitative estimate of drug-likeness (QED) is 0.0340. The molecular weight excluding hydrogens is 756 g/mol. The van der Waals surface area contributed by atoms with E-state index in [1.54, 1.807) is 12.1 Å². The first-order valence-corrected chi connectivity index (χ1v) is 18.2. The highest BCUT2D eigenvalue weighted by Gasteiger charge is 2.51. The molecule has 15 nitrogen and oxygen atoms in total. The van der Waals surface area contributed by atoms with E-state index in [0.717, 1.165) is 11.6 Å². The smallest absolute Gasteiger partial charge is 0.463 e. The average Bonchev–Trinajstić information content (AvgIpc) is 3.82. The number of carbonyl (C=O) groups is 6. The second-order valence-corrected chi connectivity index (χ2v) is 13.0. The van der Waals surface area contributed by atoms with E-state index in [1.165, 1.54) is 72.8 Å². The van der Waals surface area contributed by atoms with Gasteiger partial charge in [-0.25, -0.2) is 28.8 Å². The lowest BCUT2D eigenvalue weighted by atomic mass is 10.1. The lowest BCUT2D eigenvalue weighted by molar-refractivity contribution is -0.137. The molecule has 300 valence electrons. The zero-order valence-corrected chi connectivity index (χ0v) is 31.2. The van der Waals surface area contributed by atoms with Crippen LogP contribution in [0.4, 0.5) is 4.79 Å². The number of esters is 5. The first-order chi connectivity index (χ1) is 28.1. The summed E-state index contributed by atoms with van der Waals surface area (Å²) in [5, 5.41) is 0. The van der Waals surface area contributed by atoms with Crippen molar-refractivity contribution in [2.24, 2.45) is 0 Å². The Morgan fingerprint density at radius 2 is 0.931 bits per heavy atom. The predicted molar refractivity (Wildman–Crippen MR) is 201 cm³/mol. The summed E-state index contributed by atoms with van der Waals surface area (Å²) >= 11 is 0. The number of benzene rings is 4. The summed E-state index contributed by atoms with van der Waals surface area (Å²) in [6, 6.07) is 24.1. The molecule has 0 bridgehead atoms. The molecule has 4 aromatic carbocycles. The van der Waals surface area contributed by atoms with Gasteiger partial charge in [-0.2, -0.15) is 0 Å². The van der Waals surface area contributed by atoms with Crippen molar-refractivity contribution in [2.45, 2.75) is 44.2 Å². The van der Waals surface area contributed by atoms with Gasteiger partial charge < -0.3 is 42.6 Å². The molecule has 0 N–H and O–H groups in total. The van der Waals surface area contributed by atoms with E-state index in [1.807, 2.05) is 19.1 Å². The Kier molecular flexibility index (Phi) is 13.6. The van der Waals surface area contributed by atoms with E-state index in [-0.39, 0.29) is 60.4 Å². The van der Waals surface area contributed by atoms with Crippen LogP contribution < -0.4 is 14.2 Å². The Morgan fingerprint density at radius 1 is 0.552 bits per heavy atom. The van der Waals surface area contributed by atoms with Gasteiger partial charge >= 0.3 is 36.0 Å². The van der Waals surface area contributed by atoms with E-state index in [9.17, 15) is 28.8 Å². The van der Waals surface area contributed by atoms with Gasteiger partial charge in [0.05, 0.1) is 48.7 Å². The number of rotatable bonds is 15. The summed E-state index contributed by atoms with van der Waals surface area (Å²) in [7, 11) is 0. The number of hydrogen-bond acceptors (Lipinski definition) is 15. The second-order valence-electron chi connectivity index (χ2n) is 13.0. The molecular formula is C43H38O15. The fourth-order valence-electron chi connectivity index (χ4n) is 5.76. The van der Waals surface area contributed by atoms with Gasteiger partial charge in [0.25, 0.3) is 0 Å². The van der Waals surface area contributed by atoms with Gasteiger partial charge in [-0.1, -0.05) is 24.3 Å². The summed E-state index contributed by atoms with van der Waals surface area (Å²) in [4.78, 5) is 73.9. The fourth-order valence-corrected chi connectivity index (χ4v) is 5.76. The highest BCUT2D eigenvalue weighted by atomic mass is 16.7. The topological polar surface area (TPSA) is 185 Å². The number of fused-ring (bicyclic) bond motifs is 1.